The van der Waals surface area contributed by atoms with Gasteiger partial charge in [0.25, 0.3) is 5.69 Å². The first-order chi connectivity index (χ1) is 12.6. The van der Waals surface area contributed by atoms with E-state index in [1.54, 1.807) is 47.3 Å². The second kappa shape index (κ2) is 6.70. The summed E-state index contributed by atoms with van der Waals surface area (Å²) in [5.41, 5.74) is 0.768. The Bertz CT molecular complexity index is 1120. The third kappa shape index (κ3) is 2.98. The molecule has 0 unspecified atom stereocenters. The molecule has 0 aliphatic carbocycles. The number of nitro groups is 1. The van der Waals surface area contributed by atoms with Gasteiger partial charge >= 0.3 is 0 Å². The zero-order valence-corrected chi connectivity index (χ0v) is 14.6. The number of nitro benzene ring substituents is 1. The lowest BCUT2D eigenvalue weighted by Crippen LogP contribution is -1.98. The first-order valence-corrected chi connectivity index (χ1v) is 8.56. The van der Waals surface area contributed by atoms with Crippen LogP contribution < -0.4 is 0 Å². The number of hydrogen-bond acceptors (Lipinski definition) is 7. The molecule has 0 fully saturated rings. The Morgan fingerprint density at radius 3 is 2.65 bits per heavy atom. The molecule has 128 valence electrons. The van der Waals surface area contributed by atoms with Crippen LogP contribution >= 0.6 is 23.4 Å². The molecule has 2 heterocycles. The van der Waals surface area contributed by atoms with Crippen LogP contribution in [-0.4, -0.2) is 30.1 Å². The average molecular weight is 385 g/mol. The summed E-state index contributed by atoms with van der Waals surface area (Å²) in [4.78, 5) is 15.6. The van der Waals surface area contributed by atoms with E-state index in [9.17, 15) is 10.1 Å². The van der Waals surface area contributed by atoms with Gasteiger partial charge in [0.15, 0.2) is 0 Å². The summed E-state index contributed by atoms with van der Waals surface area (Å²) in [6.45, 7) is 0. The minimum Gasteiger partial charge on any atom is -0.264 e. The Balaban J connectivity index is 1.78. The van der Waals surface area contributed by atoms with Crippen molar-refractivity contribution in [3.8, 4) is 5.69 Å². The minimum absolute atomic E-state index is 0.00902. The van der Waals surface area contributed by atoms with E-state index >= 15 is 0 Å². The summed E-state index contributed by atoms with van der Waals surface area (Å²) in [6.07, 6.45) is 3.08. The van der Waals surface area contributed by atoms with E-state index < -0.39 is 4.92 Å². The highest BCUT2D eigenvalue weighted by Crippen LogP contribution is 2.36. The number of rotatable bonds is 4. The van der Waals surface area contributed by atoms with E-state index in [1.807, 2.05) is 0 Å². The second-order valence-corrected chi connectivity index (χ2v) is 6.66. The molecule has 2 aromatic carbocycles. The maximum atomic E-state index is 11.2. The molecule has 0 spiro atoms. The quantitative estimate of drug-likeness (QED) is 0.388. The molecule has 4 rings (SSSR count). The lowest BCUT2D eigenvalue weighted by atomic mass is 10.1. The SMILES string of the molecule is O=[N+]([O-])c1ccc(Sc2nnnn2-c2ccc(Cl)cc2)c2ccncc12. The Morgan fingerprint density at radius 1 is 1.08 bits per heavy atom. The summed E-state index contributed by atoms with van der Waals surface area (Å²) in [7, 11) is 0. The van der Waals surface area contributed by atoms with Crippen molar-refractivity contribution in [2.24, 2.45) is 0 Å². The maximum Gasteiger partial charge on any atom is 0.278 e. The number of aromatic nitrogens is 5. The Hall–Kier alpha value is -3.04. The fourth-order valence-corrected chi connectivity index (χ4v) is 3.53. The number of pyridine rings is 1. The van der Waals surface area contributed by atoms with E-state index in [-0.39, 0.29) is 5.69 Å². The predicted octanol–water partition coefficient (Wildman–Crippen LogP) is 3.92. The topological polar surface area (TPSA) is 99.6 Å². The van der Waals surface area contributed by atoms with E-state index in [4.69, 9.17) is 11.6 Å². The van der Waals surface area contributed by atoms with E-state index in [1.165, 1.54) is 24.0 Å². The fraction of sp³-hybridized carbons (Fsp3) is 0. The molecular formula is C16H9ClN6O2S. The molecule has 0 aliphatic rings. The number of fused-ring (bicyclic) bond motifs is 1. The highest BCUT2D eigenvalue weighted by Gasteiger charge is 2.17. The standard InChI is InChI=1S/C16H9ClN6O2S/c17-10-1-3-11(4-2-10)22-16(19-20-21-22)26-15-6-5-14(23(24)25)13-9-18-8-7-12(13)15/h1-9H. The van der Waals surface area contributed by atoms with Gasteiger partial charge in [-0.1, -0.05) is 11.6 Å². The summed E-state index contributed by atoms with van der Waals surface area (Å²) < 4.78 is 1.58. The highest BCUT2D eigenvalue weighted by atomic mass is 35.5. The van der Waals surface area contributed by atoms with Crippen molar-refractivity contribution in [2.75, 3.05) is 0 Å². The van der Waals surface area contributed by atoms with Crippen molar-refractivity contribution in [2.45, 2.75) is 10.1 Å². The van der Waals surface area contributed by atoms with Gasteiger partial charge in [-0.2, -0.15) is 4.68 Å². The van der Waals surface area contributed by atoms with Crippen LogP contribution in [0.15, 0.2) is 64.9 Å². The van der Waals surface area contributed by atoms with Gasteiger partial charge in [0, 0.05) is 33.8 Å². The molecule has 0 amide bonds. The van der Waals surface area contributed by atoms with Crippen LogP contribution in [0.1, 0.15) is 0 Å². The average Bonchev–Trinajstić information content (AvgIpc) is 3.10. The minimum atomic E-state index is -0.420. The number of hydrogen-bond donors (Lipinski definition) is 0. The van der Waals surface area contributed by atoms with Crippen molar-refractivity contribution in [3.05, 3.63) is 70.0 Å². The van der Waals surface area contributed by atoms with Crippen molar-refractivity contribution < 1.29 is 4.92 Å². The lowest BCUT2D eigenvalue weighted by Gasteiger charge is -2.07. The third-order valence-corrected chi connectivity index (χ3v) is 4.93. The fourth-order valence-electron chi connectivity index (χ4n) is 2.48. The van der Waals surface area contributed by atoms with Gasteiger partial charge < -0.3 is 0 Å². The van der Waals surface area contributed by atoms with Crippen molar-refractivity contribution in [3.63, 3.8) is 0 Å². The molecule has 4 aromatic rings. The molecule has 0 saturated carbocycles. The zero-order chi connectivity index (χ0) is 18.1. The summed E-state index contributed by atoms with van der Waals surface area (Å²) >= 11 is 7.23. The molecule has 0 radical (unpaired) electrons. The smallest absolute Gasteiger partial charge is 0.264 e. The van der Waals surface area contributed by atoms with Crippen molar-refractivity contribution >= 4 is 39.8 Å². The summed E-state index contributed by atoms with van der Waals surface area (Å²) in [5.74, 6) is 0. The molecule has 2 aromatic heterocycles. The van der Waals surface area contributed by atoms with Gasteiger partial charge in [0.05, 0.1) is 16.0 Å². The highest BCUT2D eigenvalue weighted by molar-refractivity contribution is 7.99. The molecule has 0 atom stereocenters. The molecule has 8 nitrogen and oxygen atoms in total. The summed E-state index contributed by atoms with van der Waals surface area (Å²) in [5, 5.41) is 25.4. The van der Waals surface area contributed by atoms with Crippen LogP contribution in [-0.2, 0) is 0 Å². The third-order valence-electron chi connectivity index (χ3n) is 3.67. The monoisotopic (exact) mass is 384 g/mol. The van der Waals surface area contributed by atoms with Gasteiger partial charge in [-0.25, -0.2) is 0 Å². The van der Waals surface area contributed by atoms with Crippen LogP contribution in [0.25, 0.3) is 16.5 Å². The largest absolute Gasteiger partial charge is 0.278 e. The first kappa shape index (κ1) is 16.4. The van der Waals surface area contributed by atoms with E-state index in [2.05, 4.69) is 20.5 Å². The number of tetrazole rings is 1. The Kier molecular flexibility index (Phi) is 4.23. The molecule has 10 heteroatoms. The Labute approximate surface area is 156 Å². The second-order valence-electron chi connectivity index (χ2n) is 5.21. The molecule has 26 heavy (non-hydrogen) atoms. The van der Waals surface area contributed by atoms with Gasteiger partial charge in [-0.3, -0.25) is 15.1 Å². The number of halogens is 1. The normalized spacial score (nSPS) is 11.0. The van der Waals surface area contributed by atoms with Gasteiger partial charge in [-0.05, 0) is 58.6 Å². The van der Waals surface area contributed by atoms with Gasteiger partial charge in [0.1, 0.15) is 0 Å². The first-order valence-electron chi connectivity index (χ1n) is 7.37. The maximum absolute atomic E-state index is 11.2. The van der Waals surface area contributed by atoms with Crippen LogP contribution in [0.3, 0.4) is 0 Å². The number of nitrogens with zero attached hydrogens (tertiary/aromatic N) is 6. The molecule has 0 saturated heterocycles. The lowest BCUT2D eigenvalue weighted by molar-refractivity contribution is -0.383. The van der Waals surface area contributed by atoms with E-state index in [0.29, 0.717) is 21.0 Å². The van der Waals surface area contributed by atoms with Gasteiger partial charge in [0.2, 0.25) is 5.16 Å². The van der Waals surface area contributed by atoms with Crippen molar-refractivity contribution in [1.82, 2.24) is 25.2 Å². The molecule has 0 N–H and O–H groups in total. The number of benzene rings is 2. The molecular weight excluding hydrogens is 376 g/mol. The predicted molar refractivity (Wildman–Crippen MR) is 96.7 cm³/mol. The molecule has 0 aliphatic heterocycles. The number of non-ortho nitro benzene ring substituents is 1. The van der Waals surface area contributed by atoms with Crippen LogP contribution in [0.2, 0.25) is 5.02 Å². The van der Waals surface area contributed by atoms with Crippen molar-refractivity contribution in [1.29, 1.82) is 0 Å². The van der Waals surface area contributed by atoms with Crippen LogP contribution in [0, 0.1) is 10.1 Å². The van der Waals surface area contributed by atoms with Gasteiger partial charge in [-0.15, -0.1) is 5.10 Å². The van der Waals surface area contributed by atoms with Crippen LogP contribution in [0.5, 0.6) is 0 Å². The zero-order valence-electron chi connectivity index (χ0n) is 13.0. The van der Waals surface area contributed by atoms with E-state index in [0.717, 1.165) is 10.6 Å². The Morgan fingerprint density at radius 2 is 1.88 bits per heavy atom. The summed E-state index contributed by atoms with van der Waals surface area (Å²) in [6, 6.07) is 12.0. The van der Waals surface area contributed by atoms with Crippen LogP contribution in [0.4, 0.5) is 5.69 Å². The molecule has 0 bridgehead atoms.